The van der Waals surface area contributed by atoms with Crippen LogP contribution in [0.1, 0.15) is 18.3 Å². The predicted octanol–water partition coefficient (Wildman–Crippen LogP) is 3.28. The number of nitrogens with zero attached hydrogens (tertiary/aromatic N) is 4. The van der Waals surface area contributed by atoms with Gasteiger partial charge in [0.1, 0.15) is 12.0 Å². The number of hydrogen-bond acceptors (Lipinski definition) is 5. The molecule has 0 bridgehead atoms. The molecule has 6 heteroatoms. The molecule has 5 nitrogen and oxygen atoms in total. The fourth-order valence-corrected chi connectivity index (χ4v) is 2.48. The Kier molecular flexibility index (Phi) is 4.58. The molecule has 0 fully saturated rings. The van der Waals surface area contributed by atoms with Gasteiger partial charge in [0, 0.05) is 23.4 Å². The van der Waals surface area contributed by atoms with Gasteiger partial charge >= 0.3 is 0 Å². The van der Waals surface area contributed by atoms with Crippen LogP contribution in [0.15, 0.2) is 47.2 Å². The molecule has 0 amide bonds. The summed E-state index contributed by atoms with van der Waals surface area (Å²) in [5.41, 5.74) is 2.82. The van der Waals surface area contributed by atoms with Crippen LogP contribution in [0.25, 0.3) is 11.5 Å². The van der Waals surface area contributed by atoms with Gasteiger partial charge in [-0.05, 0) is 18.4 Å². The highest BCUT2D eigenvalue weighted by Gasteiger charge is 2.09. The third kappa shape index (κ3) is 3.57. The normalized spacial score (nSPS) is 12.5. The summed E-state index contributed by atoms with van der Waals surface area (Å²) in [5.74, 6) is 0.631. The lowest BCUT2D eigenvalue weighted by Crippen LogP contribution is -2.01. The molecule has 1 atom stereocenters. The Bertz CT molecular complexity index is 723. The van der Waals surface area contributed by atoms with Crippen molar-refractivity contribution in [1.82, 2.24) is 20.0 Å². The molecule has 0 N–H and O–H groups in total. The van der Waals surface area contributed by atoms with E-state index in [9.17, 15) is 0 Å². The maximum atomic E-state index is 5.54. The fourth-order valence-electron chi connectivity index (χ4n) is 2.15. The number of oxazole rings is 1. The zero-order chi connectivity index (χ0) is 15.4. The molecule has 0 saturated carbocycles. The lowest BCUT2D eigenvalue weighted by molar-refractivity contribution is 0.568. The second-order valence-electron chi connectivity index (χ2n) is 5.17. The smallest absolute Gasteiger partial charge is 0.226 e. The number of hydrogen-bond donors (Lipinski definition) is 0. The van der Waals surface area contributed by atoms with Crippen LogP contribution in [0.4, 0.5) is 0 Å². The van der Waals surface area contributed by atoms with E-state index in [0.29, 0.717) is 17.7 Å². The highest BCUT2D eigenvalue weighted by Crippen LogP contribution is 2.18. The quantitative estimate of drug-likeness (QED) is 0.699. The van der Waals surface area contributed by atoms with Crippen molar-refractivity contribution in [2.45, 2.75) is 25.1 Å². The summed E-state index contributed by atoms with van der Waals surface area (Å²) in [6.45, 7) is 2.75. The maximum absolute atomic E-state index is 5.54. The van der Waals surface area contributed by atoms with Gasteiger partial charge < -0.3 is 4.42 Å². The van der Waals surface area contributed by atoms with E-state index in [1.54, 1.807) is 10.9 Å². The molecule has 2 aromatic heterocycles. The van der Waals surface area contributed by atoms with Crippen LogP contribution in [0.2, 0.25) is 0 Å². The largest absolute Gasteiger partial charge is 0.444 e. The highest BCUT2D eigenvalue weighted by molar-refractivity contribution is 7.99. The van der Waals surface area contributed by atoms with Gasteiger partial charge in [-0.25, -0.2) is 9.67 Å². The number of aromatic nitrogens is 4. The molecule has 0 spiro atoms. The summed E-state index contributed by atoms with van der Waals surface area (Å²) in [6, 6.07) is 9.87. The molecule has 3 aromatic rings. The van der Waals surface area contributed by atoms with Crippen LogP contribution in [0.5, 0.6) is 0 Å². The van der Waals surface area contributed by atoms with Gasteiger partial charge in [-0.3, -0.25) is 0 Å². The first-order valence-corrected chi connectivity index (χ1v) is 8.45. The molecule has 0 saturated heterocycles. The van der Waals surface area contributed by atoms with Crippen molar-refractivity contribution in [3.05, 3.63) is 54.2 Å². The molecular formula is C16H18N4OS. The summed E-state index contributed by atoms with van der Waals surface area (Å²) in [7, 11) is 0. The third-order valence-electron chi connectivity index (χ3n) is 3.38. The zero-order valence-corrected chi connectivity index (χ0v) is 13.5. The number of thioether (sulfide) groups is 1. The molecule has 114 valence electrons. The van der Waals surface area contributed by atoms with Crippen LogP contribution >= 0.6 is 11.8 Å². The summed E-state index contributed by atoms with van der Waals surface area (Å²) in [6.07, 6.45) is 6.68. The van der Waals surface area contributed by atoms with E-state index in [2.05, 4.69) is 28.5 Å². The third-order valence-corrected chi connectivity index (χ3v) is 4.35. The van der Waals surface area contributed by atoms with E-state index in [-0.39, 0.29) is 0 Å². The average molecular weight is 314 g/mol. The summed E-state index contributed by atoms with van der Waals surface area (Å²) in [4.78, 5) is 4.50. The fraction of sp³-hybridized carbons (Fsp3) is 0.312. The Morgan fingerprint density at radius 3 is 2.82 bits per heavy atom. The van der Waals surface area contributed by atoms with E-state index in [1.807, 2.05) is 48.3 Å². The predicted molar refractivity (Wildman–Crippen MR) is 87.7 cm³/mol. The Balaban J connectivity index is 1.68. The Morgan fingerprint density at radius 1 is 1.23 bits per heavy atom. The van der Waals surface area contributed by atoms with Gasteiger partial charge in [0.05, 0.1) is 12.2 Å². The first-order chi connectivity index (χ1) is 10.7. The molecule has 0 aliphatic rings. The van der Waals surface area contributed by atoms with Gasteiger partial charge in [-0.15, -0.1) is 5.10 Å². The Labute approximate surface area is 133 Å². The standard InChI is InChI=1S/C16H18N4OS/c1-12(22-2)8-14-9-20(19-18-14)10-15-11-21-16(17-15)13-6-4-3-5-7-13/h3-7,9,11-12H,8,10H2,1-2H3. The number of rotatable bonds is 6. The SMILES string of the molecule is CSC(C)Cc1cn(Cc2coc(-c3ccccc3)n2)nn1. The van der Waals surface area contributed by atoms with E-state index in [0.717, 1.165) is 23.4 Å². The van der Waals surface area contributed by atoms with Crippen molar-refractivity contribution >= 4 is 11.8 Å². The first-order valence-electron chi connectivity index (χ1n) is 7.16. The van der Waals surface area contributed by atoms with Crippen molar-refractivity contribution in [1.29, 1.82) is 0 Å². The van der Waals surface area contributed by atoms with Crippen LogP contribution in [0.3, 0.4) is 0 Å². The van der Waals surface area contributed by atoms with Crippen molar-refractivity contribution < 1.29 is 4.42 Å². The van der Waals surface area contributed by atoms with Crippen molar-refractivity contribution in [2.75, 3.05) is 6.26 Å². The molecule has 0 radical (unpaired) electrons. The van der Waals surface area contributed by atoms with Gasteiger partial charge in [0.15, 0.2) is 0 Å². The van der Waals surface area contributed by atoms with Crippen molar-refractivity contribution in [2.24, 2.45) is 0 Å². The molecule has 22 heavy (non-hydrogen) atoms. The van der Waals surface area contributed by atoms with E-state index >= 15 is 0 Å². The van der Waals surface area contributed by atoms with Crippen molar-refractivity contribution in [3.63, 3.8) is 0 Å². The summed E-state index contributed by atoms with van der Waals surface area (Å²) in [5, 5.41) is 8.91. The van der Waals surface area contributed by atoms with Gasteiger partial charge in [-0.1, -0.05) is 30.3 Å². The topological polar surface area (TPSA) is 56.7 Å². The molecule has 0 aliphatic heterocycles. The van der Waals surface area contributed by atoms with Crippen LogP contribution in [0, 0.1) is 0 Å². The van der Waals surface area contributed by atoms with Crippen LogP contribution in [-0.4, -0.2) is 31.5 Å². The van der Waals surface area contributed by atoms with Crippen molar-refractivity contribution in [3.8, 4) is 11.5 Å². The summed E-state index contributed by atoms with van der Waals surface area (Å²) >= 11 is 1.83. The van der Waals surface area contributed by atoms with Gasteiger partial charge in [0.2, 0.25) is 5.89 Å². The summed E-state index contributed by atoms with van der Waals surface area (Å²) < 4.78 is 7.34. The minimum Gasteiger partial charge on any atom is -0.444 e. The average Bonchev–Trinajstić information content (AvgIpc) is 3.18. The van der Waals surface area contributed by atoms with E-state index in [1.165, 1.54) is 0 Å². The minimum absolute atomic E-state index is 0.543. The second kappa shape index (κ2) is 6.79. The Hall–Kier alpha value is -2.08. The Morgan fingerprint density at radius 2 is 2.05 bits per heavy atom. The van der Waals surface area contributed by atoms with Gasteiger partial charge in [0.25, 0.3) is 0 Å². The molecule has 2 heterocycles. The molecule has 0 aliphatic carbocycles. The molecular weight excluding hydrogens is 296 g/mol. The lowest BCUT2D eigenvalue weighted by atomic mass is 10.2. The highest BCUT2D eigenvalue weighted by atomic mass is 32.2. The van der Waals surface area contributed by atoms with E-state index < -0.39 is 0 Å². The zero-order valence-electron chi connectivity index (χ0n) is 12.6. The molecule has 1 aromatic carbocycles. The second-order valence-corrected chi connectivity index (χ2v) is 6.44. The van der Waals surface area contributed by atoms with Crippen LogP contribution in [-0.2, 0) is 13.0 Å². The molecule has 1 unspecified atom stereocenters. The van der Waals surface area contributed by atoms with E-state index in [4.69, 9.17) is 4.42 Å². The first kappa shape index (κ1) is 14.8. The number of benzene rings is 1. The monoisotopic (exact) mass is 314 g/mol. The van der Waals surface area contributed by atoms with Crippen LogP contribution < -0.4 is 0 Å². The minimum atomic E-state index is 0.543. The van der Waals surface area contributed by atoms with Gasteiger partial charge in [-0.2, -0.15) is 11.8 Å². The molecule has 3 rings (SSSR count). The maximum Gasteiger partial charge on any atom is 0.226 e. The lowest BCUT2D eigenvalue weighted by Gasteiger charge is -2.03.